The van der Waals surface area contributed by atoms with Gasteiger partial charge in [0.15, 0.2) is 5.43 Å². The normalized spacial score (nSPS) is 16.8. The molecule has 1 atom stereocenters. The molecule has 6 nitrogen and oxygen atoms in total. The summed E-state index contributed by atoms with van der Waals surface area (Å²) in [7, 11) is 1.52. The van der Waals surface area contributed by atoms with Crippen LogP contribution in [0.15, 0.2) is 33.0 Å². The van der Waals surface area contributed by atoms with Gasteiger partial charge in [-0.2, -0.15) is 0 Å². The van der Waals surface area contributed by atoms with E-state index in [0.29, 0.717) is 40.2 Å². The maximum absolute atomic E-state index is 12.5. The lowest BCUT2D eigenvalue weighted by Gasteiger charge is -2.30. The van der Waals surface area contributed by atoms with Crippen LogP contribution in [-0.4, -0.2) is 24.8 Å². The molecule has 144 valence electrons. The molecule has 27 heavy (non-hydrogen) atoms. The maximum atomic E-state index is 12.5. The van der Waals surface area contributed by atoms with Gasteiger partial charge in [-0.3, -0.25) is 4.79 Å². The van der Waals surface area contributed by atoms with E-state index >= 15 is 0 Å². The van der Waals surface area contributed by atoms with Crippen molar-refractivity contribution in [1.82, 2.24) is 0 Å². The van der Waals surface area contributed by atoms with Crippen LogP contribution in [0.1, 0.15) is 39.0 Å². The zero-order valence-corrected chi connectivity index (χ0v) is 16.5. The number of hydrogen-bond donors (Lipinski definition) is 0. The Kier molecular flexibility index (Phi) is 4.76. The Balaban J connectivity index is 2.01. The summed E-state index contributed by atoms with van der Waals surface area (Å²) in [4.78, 5) is 24.6. The van der Waals surface area contributed by atoms with Gasteiger partial charge in [-0.1, -0.05) is 6.08 Å². The minimum Gasteiger partial charge on any atom is -0.495 e. The lowest BCUT2D eigenvalue weighted by Crippen LogP contribution is -2.43. The van der Waals surface area contributed by atoms with Gasteiger partial charge in [0.2, 0.25) is 0 Å². The van der Waals surface area contributed by atoms with E-state index in [1.165, 1.54) is 13.2 Å². The largest absolute Gasteiger partial charge is 0.495 e. The number of carbonyl (C=O) groups is 1. The van der Waals surface area contributed by atoms with Crippen LogP contribution >= 0.6 is 0 Å². The van der Waals surface area contributed by atoms with E-state index in [0.717, 1.165) is 5.56 Å². The second-order valence-corrected chi connectivity index (χ2v) is 7.26. The van der Waals surface area contributed by atoms with Crippen molar-refractivity contribution in [3.63, 3.8) is 0 Å². The van der Waals surface area contributed by atoms with Gasteiger partial charge in [0, 0.05) is 29.7 Å². The van der Waals surface area contributed by atoms with Crippen molar-refractivity contribution in [3.8, 4) is 11.5 Å². The summed E-state index contributed by atoms with van der Waals surface area (Å²) in [6, 6.07) is 3.15. The number of rotatable bonds is 4. The summed E-state index contributed by atoms with van der Waals surface area (Å²) in [6.45, 7) is 8.83. The van der Waals surface area contributed by atoms with Gasteiger partial charge < -0.3 is 18.6 Å². The van der Waals surface area contributed by atoms with Crippen molar-refractivity contribution in [3.05, 3.63) is 45.3 Å². The van der Waals surface area contributed by atoms with Crippen LogP contribution in [0.3, 0.4) is 0 Å². The highest BCUT2D eigenvalue weighted by Gasteiger charge is 2.41. The number of aryl methyl sites for hydroxylation is 1. The zero-order chi connectivity index (χ0) is 19.9. The molecule has 6 heteroatoms. The molecule has 0 radical (unpaired) electrons. The number of allylic oxidation sites excluding steroid dienone is 1. The summed E-state index contributed by atoms with van der Waals surface area (Å²) in [6.07, 6.45) is 1.75. The number of ether oxygens (including phenoxy) is 3. The van der Waals surface area contributed by atoms with Gasteiger partial charge in [-0.25, -0.2) is 4.79 Å². The topological polar surface area (TPSA) is 75.0 Å². The summed E-state index contributed by atoms with van der Waals surface area (Å²) in [5.41, 5.74) is 0.692. The molecule has 2 heterocycles. The Bertz CT molecular complexity index is 996. The van der Waals surface area contributed by atoms with Crippen LogP contribution in [0.4, 0.5) is 0 Å². The second kappa shape index (κ2) is 6.76. The predicted octanol–water partition coefficient (Wildman–Crippen LogP) is 3.70. The second-order valence-electron chi connectivity index (χ2n) is 7.26. The monoisotopic (exact) mass is 372 g/mol. The van der Waals surface area contributed by atoms with E-state index in [9.17, 15) is 9.59 Å². The van der Waals surface area contributed by atoms with Crippen LogP contribution in [0.25, 0.3) is 11.0 Å². The third-order valence-electron chi connectivity index (χ3n) is 4.91. The predicted molar refractivity (Wildman–Crippen MR) is 101 cm³/mol. The van der Waals surface area contributed by atoms with Crippen LogP contribution < -0.4 is 14.9 Å². The average molecular weight is 372 g/mol. The van der Waals surface area contributed by atoms with Crippen molar-refractivity contribution >= 4 is 16.9 Å². The average Bonchev–Trinajstić information content (AvgIpc) is 3.03. The molecule has 0 aliphatic carbocycles. The number of esters is 1. The molecule has 1 aliphatic heterocycles. The van der Waals surface area contributed by atoms with E-state index in [-0.39, 0.29) is 11.4 Å². The highest BCUT2D eigenvalue weighted by atomic mass is 16.6. The Morgan fingerprint density at radius 1 is 1.33 bits per heavy atom. The summed E-state index contributed by atoms with van der Waals surface area (Å²) >= 11 is 0. The number of benzene rings is 1. The molecule has 0 fully saturated rings. The Morgan fingerprint density at radius 3 is 2.67 bits per heavy atom. The first-order valence-electron chi connectivity index (χ1n) is 8.85. The van der Waals surface area contributed by atoms with Gasteiger partial charge in [0.05, 0.1) is 7.11 Å². The minimum absolute atomic E-state index is 0.161. The molecule has 3 rings (SSSR count). The van der Waals surface area contributed by atoms with Crippen LogP contribution in [-0.2, 0) is 16.0 Å². The molecule has 0 spiro atoms. The third kappa shape index (κ3) is 3.31. The Labute approximate surface area is 157 Å². The smallest absolute Gasteiger partial charge is 0.334 e. The first-order chi connectivity index (χ1) is 12.7. The van der Waals surface area contributed by atoms with Gasteiger partial charge in [0.25, 0.3) is 0 Å². The van der Waals surface area contributed by atoms with Crippen molar-refractivity contribution in [2.45, 2.75) is 52.7 Å². The fourth-order valence-electron chi connectivity index (χ4n) is 3.22. The molecular formula is C21H24O6. The lowest BCUT2D eigenvalue weighted by atomic mass is 9.95. The molecule has 1 aromatic carbocycles. The highest BCUT2D eigenvalue weighted by molar-refractivity contribution is 5.88. The molecule has 0 N–H and O–H groups in total. The van der Waals surface area contributed by atoms with E-state index < -0.39 is 11.7 Å². The van der Waals surface area contributed by atoms with E-state index in [1.54, 1.807) is 32.9 Å². The quantitative estimate of drug-likeness (QED) is 0.602. The Morgan fingerprint density at radius 2 is 2.04 bits per heavy atom. The van der Waals surface area contributed by atoms with Crippen molar-refractivity contribution < 1.29 is 23.4 Å². The van der Waals surface area contributed by atoms with Gasteiger partial charge in [-0.05, 0) is 34.6 Å². The molecule has 2 aromatic rings. The molecule has 0 saturated carbocycles. The number of carbonyl (C=O) groups excluding carboxylic acids is 1. The summed E-state index contributed by atoms with van der Waals surface area (Å²) in [5.74, 6) is 1.15. The third-order valence-corrected chi connectivity index (χ3v) is 4.91. The fraction of sp³-hybridized carbons (Fsp3) is 0.429. The molecule has 1 aliphatic rings. The number of methoxy groups -OCH3 is 1. The Hall–Kier alpha value is -2.76. The SMILES string of the molecule is C/C=C(/C)C(=O)OC(C)(C)[C@@H]1Cc2c(cc3oc(C)cc(=O)c3c2OC)O1. The van der Waals surface area contributed by atoms with Gasteiger partial charge in [0.1, 0.15) is 39.9 Å². The molecule has 0 amide bonds. The van der Waals surface area contributed by atoms with E-state index in [4.69, 9.17) is 18.6 Å². The van der Waals surface area contributed by atoms with Crippen molar-refractivity contribution in [1.29, 1.82) is 0 Å². The molecule has 0 bridgehead atoms. The summed E-state index contributed by atoms with van der Waals surface area (Å²) in [5, 5.41) is 0.394. The fourth-order valence-corrected chi connectivity index (χ4v) is 3.22. The van der Waals surface area contributed by atoms with Crippen LogP contribution in [0, 0.1) is 6.92 Å². The highest BCUT2D eigenvalue weighted by Crippen LogP contribution is 2.43. The first-order valence-corrected chi connectivity index (χ1v) is 8.85. The van der Waals surface area contributed by atoms with Gasteiger partial charge >= 0.3 is 5.97 Å². The summed E-state index contributed by atoms with van der Waals surface area (Å²) < 4.78 is 23.0. The van der Waals surface area contributed by atoms with Crippen LogP contribution in [0.5, 0.6) is 11.5 Å². The first kappa shape index (κ1) is 19.0. The van der Waals surface area contributed by atoms with E-state index in [2.05, 4.69) is 0 Å². The van der Waals surface area contributed by atoms with Crippen molar-refractivity contribution in [2.75, 3.05) is 7.11 Å². The number of fused-ring (bicyclic) bond motifs is 2. The van der Waals surface area contributed by atoms with Gasteiger partial charge in [-0.15, -0.1) is 0 Å². The molecule has 0 unspecified atom stereocenters. The molecular weight excluding hydrogens is 348 g/mol. The maximum Gasteiger partial charge on any atom is 0.334 e. The zero-order valence-electron chi connectivity index (χ0n) is 16.5. The van der Waals surface area contributed by atoms with E-state index in [1.807, 2.05) is 13.8 Å². The van der Waals surface area contributed by atoms with Crippen molar-refractivity contribution in [2.24, 2.45) is 0 Å². The lowest BCUT2D eigenvalue weighted by molar-refractivity contribution is -0.159. The molecule has 0 saturated heterocycles. The standard InChI is InChI=1S/C21H24O6/c1-7-11(2)20(23)27-21(4,5)17-9-13-15(26-17)10-16-18(19(13)24-6)14(22)8-12(3)25-16/h7-8,10,17H,9H2,1-6H3/b11-7-/t17-/m0/s1. The minimum atomic E-state index is -0.870. The van der Waals surface area contributed by atoms with Crippen LogP contribution in [0.2, 0.25) is 0 Å². The number of hydrogen-bond acceptors (Lipinski definition) is 6. The molecule has 1 aromatic heterocycles.